The van der Waals surface area contributed by atoms with E-state index in [0.717, 1.165) is 0 Å². The molecule has 1 aromatic rings. The summed E-state index contributed by atoms with van der Waals surface area (Å²) in [5.41, 5.74) is 0.307. The minimum absolute atomic E-state index is 0.0777. The topological polar surface area (TPSA) is 94.2 Å². The van der Waals surface area contributed by atoms with Crippen LogP contribution in [0.3, 0.4) is 0 Å². The second-order valence-corrected chi connectivity index (χ2v) is 3.97. The Morgan fingerprint density at radius 1 is 1.33 bits per heavy atom. The number of nitrogens with one attached hydrogen (secondary N) is 2. The van der Waals surface area contributed by atoms with Crippen molar-refractivity contribution in [2.24, 2.45) is 0 Å². The molecule has 2 heterocycles. The second-order valence-electron chi connectivity index (χ2n) is 3.97. The molecule has 1 saturated heterocycles. The lowest BCUT2D eigenvalue weighted by atomic mass is 10.3. The zero-order chi connectivity index (χ0) is 13.0. The summed E-state index contributed by atoms with van der Waals surface area (Å²) in [5, 5.41) is 12.5. The average Bonchev–Trinajstić information content (AvgIpc) is 2.92. The number of nitrogens with zero attached hydrogens (tertiary/aromatic N) is 4. The van der Waals surface area contributed by atoms with Crippen molar-refractivity contribution in [2.75, 3.05) is 32.7 Å². The molecule has 1 aliphatic heterocycles. The first-order valence-electron chi connectivity index (χ1n) is 5.90. The van der Waals surface area contributed by atoms with E-state index in [2.05, 4.69) is 20.7 Å². The molecule has 0 atom stereocenters. The Morgan fingerprint density at radius 2 is 2.00 bits per heavy atom. The first kappa shape index (κ1) is 12.3. The molecule has 2 N–H and O–H groups in total. The normalized spacial score (nSPS) is 15.6. The van der Waals surface area contributed by atoms with E-state index < -0.39 is 0 Å². The molecule has 0 aromatic carbocycles. The van der Waals surface area contributed by atoms with Crippen LogP contribution in [0.1, 0.15) is 17.4 Å². The van der Waals surface area contributed by atoms with Gasteiger partial charge in [-0.15, -0.1) is 0 Å². The molecule has 8 heteroatoms. The first-order valence-corrected chi connectivity index (χ1v) is 5.90. The van der Waals surface area contributed by atoms with Crippen molar-refractivity contribution < 1.29 is 9.59 Å². The Morgan fingerprint density at radius 3 is 2.56 bits per heavy atom. The maximum Gasteiger partial charge on any atom is 0.317 e. The molecule has 0 saturated carbocycles. The molecule has 3 amide bonds. The van der Waals surface area contributed by atoms with E-state index in [9.17, 15) is 9.59 Å². The van der Waals surface area contributed by atoms with E-state index in [1.54, 1.807) is 9.80 Å². The van der Waals surface area contributed by atoms with Crippen molar-refractivity contribution in [3.05, 3.63) is 11.9 Å². The fraction of sp³-hybridized carbons (Fsp3) is 0.600. The Bertz CT molecular complexity index is 410. The van der Waals surface area contributed by atoms with Crippen molar-refractivity contribution in [2.45, 2.75) is 6.92 Å². The van der Waals surface area contributed by atoms with Crippen LogP contribution in [-0.4, -0.2) is 69.9 Å². The highest BCUT2D eigenvalue weighted by atomic mass is 16.2. The fourth-order valence-electron chi connectivity index (χ4n) is 1.84. The summed E-state index contributed by atoms with van der Waals surface area (Å²) in [7, 11) is 0. The number of rotatable bonds is 2. The molecular formula is C10H16N6O2. The summed E-state index contributed by atoms with van der Waals surface area (Å²) < 4.78 is 0. The molecule has 0 aliphatic carbocycles. The molecule has 1 fully saturated rings. The lowest BCUT2D eigenvalue weighted by Crippen LogP contribution is -2.53. The average molecular weight is 252 g/mol. The highest BCUT2D eigenvalue weighted by Crippen LogP contribution is 2.06. The molecule has 8 nitrogen and oxygen atoms in total. The van der Waals surface area contributed by atoms with Gasteiger partial charge in [-0.3, -0.25) is 4.79 Å². The monoisotopic (exact) mass is 252 g/mol. The Hall–Kier alpha value is -2.12. The third-order valence-electron chi connectivity index (χ3n) is 2.82. The summed E-state index contributed by atoms with van der Waals surface area (Å²) in [5.74, 6) is -0.153. The van der Waals surface area contributed by atoms with E-state index in [-0.39, 0.29) is 11.9 Å². The van der Waals surface area contributed by atoms with Crippen LogP contribution in [0.5, 0.6) is 0 Å². The molecule has 2 rings (SSSR count). The molecule has 1 aromatic heterocycles. The van der Waals surface area contributed by atoms with Crippen LogP contribution in [0.25, 0.3) is 0 Å². The minimum atomic E-state index is -0.153. The first-order chi connectivity index (χ1) is 8.72. The molecule has 1 aliphatic rings. The van der Waals surface area contributed by atoms with Crippen LogP contribution in [0.15, 0.2) is 6.20 Å². The van der Waals surface area contributed by atoms with Crippen LogP contribution < -0.4 is 5.32 Å². The number of aromatic nitrogens is 3. The van der Waals surface area contributed by atoms with Crippen LogP contribution in [0, 0.1) is 0 Å². The van der Waals surface area contributed by atoms with Crippen molar-refractivity contribution in [1.29, 1.82) is 0 Å². The molecule has 0 radical (unpaired) electrons. The predicted molar refractivity (Wildman–Crippen MR) is 62.9 cm³/mol. The van der Waals surface area contributed by atoms with Gasteiger partial charge in [0.05, 0.1) is 6.20 Å². The van der Waals surface area contributed by atoms with Gasteiger partial charge < -0.3 is 15.1 Å². The maximum absolute atomic E-state index is 11.9. The van der Waals surface area contributed by atoms with E-state index >= 15 is 0 Å². The zero-order valence-corrected chi connectivity index (χ0v) is 10.2. The number of amides is 3. The smallest absolute Gasteiger partial charge is 0.317 e. The number of hydrogen-bond donors (Lipinski definition) is 2. The molecule has 0 bridgehead atoms. The van der Waals surface area contributed by atoms with Gasteiger partial charge in [-0.05, 0) is 6.92 Å². The SMILES string of the molecule is CCNC(=O)N1CCN(C(=O)c2cn[nH]n2)CC1. The third kappa shape index (κ3) is 2.58. The molecule has 0 unspecified atom stereocenters. The van der Waals surface area contributed by atoms with E-state index in [1.807, 2.05) is 6.92 Å². The largest absolute Gasteiger partial charge is 0.338 e. The number of piperazine rings is 1. The number of H-pyrrole nitrogens is 1. The maximum atomic E-state index is 11.9. The van der Waals surface area contributed by atoms with Crippen LogP contribution in [-0.2, 0) is 0 Å². The Kier molecular flexibility index (Phi) is 3.75. The zero-order valence-electron chi connectivity index (χ0n) is 10.2. The number of urea groups is 1. The van der Waals surface area contributed by atoms with Gasteiger partial charge in [-0.1, -0.05) is 0 Å². The standard InChI is InChI=1S/C10H16N6O2/c1-2-11-10(18)16-5-3-15(4-6-16)9(17)8-7-12-14-13-8/h7H,2-6H2,1H3,(H,11,18)(H,12,13,14). The van der Waals surface area contributed by atoms with E-state index in [1.165, 1.54) is 6.20 Å². The van der Waals surface area contributed by atoms with Crippen LogP contribution in [0.4, 0.5) is 4.79 Å². The van der Waals surface area contributed by atoms with E-state index in [0.29, 0.717) is 38.4 Å². The van der Waals surface area contributed by atoms with Crippen LogP contribution in [0.2, 0.25) is 0 Å². The highest BCUT2D eigenvalue weighted by molar-refractivity contribution is 5.92. The van der Waals surface area contributed by atoms with Gasteiger partial charge in [-0.25, -0.2) is 4.79 Å². The van der Waals surface area contributed by atoms with Gasteiger partial charge >= 0.3 is 6.03 Å². The summed E-state index contributed by atoms with van der Waals surface area (Å²) in [6.07, 6.45) is 1.40. The van der Waals surface area contributed by atoms with Crippen molar-refractivity contribution >= 4 is 11.9 Å². The van der Waals surface area contributed by atoms with Gasteiger partial charge in [0.15, 0.2) is 5.69 Å². The number of carbonyl (C=O) groups excluding carboxylic acids is 2. The Labute approximate surface area is 104 Å². The summed E-state index contributed by atoms with van der Waals surface area (Å²) >= 11 is 0. The van der Waals surface area contributed by atoms with Gasteiger partial charge in [0.1, 0.15) is 0 Å². The van der Waals surface area contributed by atoms with Gasteiger partial charge in [0.25, 0.3) is 5.91 Å². The van der Waals surface area contributed by atoms with Crippen LogP contribution >= 0.6 is 0 Å². The van der Waals surface area contributed by atoms with Crippen molar-refractivity contribution in [3.8, 4) is 0 Å². The summed E-state index contributed by atoms with van der Waals surface area (Å²) in [6.45, 7) is 4.59. The number of carbonyl (C=O) groups is 2. The quantitative estimate of drug-likeness (QED) is 0.727. The van der Waals surface area contributed by atoms with Gasteiger partial charge in [0, 0.05) is 32.7 Å². The summed E-state index contributed by atoms with van der Waals surface area (Å²) in [4.78, 5) is 26.9. The minimum Gasteiger partial charge on any atom is -0.338 e. The molecule has 98 valence electrons. The lowest BCUT2D eigenvalue weighted by Gasteiger charge is -2.34. The Balaban J connectivity index is 1.87. The number of aromatic amines is 1. The molecule has 18 heavy (non-hydrogen) atoms. The van der Waals surface area contributed by atoms with Crippen molar-refractivity contribution in [1.82, 2.24) is 30.5 Å². The number of hydrogen-bond acceptors (Lipinski definition) is 4. The fourth-order valence-corrected chi connectivity index (χ4v) is 1.84. The van der Waals surface area contributed by atoms with Gasteiger partial charge in [0.2, 0.25) is 0 Å². The molecule has 0 spiro atoms. The summed E-state index contributed by atoms with van der Waals surface area (Å²) in [6, 6.07) is -0.0777. The predicted octanol–water partition coefficient (Wildman–Crippen LogP) is -0.708. The third-order valence-corrected chi connectivity index (χ3v) is 2.82. The second kappa shape index (κ2) is 5.48. The van der Waals surface area contributed by atoms with E-state index in [4.69, 9.17) is 0 Å². The lowest BCUT2D eigenvalue weighted by molar-refractivity contribution is 0.0659. The van der Waals surface area contributed by atoms with Crippen molar-refractivity contribution in [3.63, 3.8) is 0 Å². The molecular weight excluding hydrogens is 236 g/mol. The highest BCUT2D eigenvalue weighted by Gasteiger charge is 2.25. The van der Waals surface area contributed by atoms with Gasteiger partial charge in [-0.2, -0.15) is 15.4 Å².